The zero-order valence-electron chi connectivity index (χ0n) is 7.05. The lowest BCUT2D eigenvalue weighted by Gasteiger charge is -1.99. The first-order valence-corrected chi connectivity index (χ1v) is 3.78. The fourth-order valence-electron chi connectivity index (χ4n) is 0.665. The molecule has 0 atom stereocenters. The molecule has 0 aromatic carbocycles. The smallest absolute Gasteiger partial charge is 0.248 e. The van der Waals surface area contributed by atoms with E-state index in [1.165, 1.54) is 0 Å². The summed E-state index contributed by atoms with van der Waals surface area (Å²) in [6.07, 6.45) is 3.80. The van der Waals surface area contributed by atoms with E-state index in [0.29, 0.717) is 5.57 Å². The normalized spacial score (nSPS) is 11.4. The molecule has 0 aromatic rings. The van der Waals surface area contributed by atoms with Crippen LogP contribution >= 0.6 is 0 Å². The van der Waals surface area contributed by atoms with Crippen LogP contribution in [0.2, 0.25) is 0 Å². The molecule has 3 nitrogen and oxygen atoms in total. The third-order valence-electron chi connectivity index (χ3n) is 1.34. The van der Waals surface area contributed by atoms with Crippen LogP contribution in [0.15, 0.2) is 11.6 Å². The average molecular weight is 157 g/mol. The molecule has 1 amide bonds. The molecule has 0 unspecified atom stereocenters. The van der Waals surface area contributed by atoms with Crippen LogP contribution in [0.5, 0.6) is 0 Å². The summed E-state index contributed by atoms with van der Waals surface area (Å²) in [6, 6.07) is 0. The van der Waals surface area contributed by atoms with Gasteiger partial charge in [0.2, 0.25) is 5.91 Å². The highest BCUT2D eigenvalue weighted by Crippen LogP contribution is 1.97. The predicted molar refractivity (Wildman–Crippen MR) is 43.9 cm³/mol. The standard InChI is InChI=1S/C8H15NO2/c1-3-4-5-7(2)8(11)9-6-10/h5,10H,3-4,6H2,1-2H3,(H,9,11)/b7-5+. The number of amides is 1. The third-order valence-corrected chi connectivity index (χ3v) is 1.34. The second-order valence-corrected chi connectivity index (χ2v) is 2.34. The summed E-state index contributed by atoms with van der Waals surface area (Å²) in [5.41, 5.74) is 0.668. The Balaban J connectivity index is 3.80. The van der Waals surface area contributed by atoms with Gasteiger partial charge < -0.3 is 10.4 Å². The van der Waals surface area contributed by atoms with E-state index in [1.54, 1.807) is 6.92 Å². The van der Waals surface area contributed by atoms with E-state index in [9.17, 15) is 4.79 Å². The Morgan fingerprint density at radius 2 is 2.27 bits per heavy atom. The molecule has 0 spiro atoms. The van der Waals surface area contributed by atoms with Crippen molar-refractivity contribution in [2.45, 2.75) is 26.7 Å². The molecule has 0 fully saturated rings. The van der Waals surface area contributed by atoms with Gasteiger partial charge in [-0.1, -0.05) is 19.4 Å². The Morgan fingerprint density at radius 3 is 2.73 bits per heavy atom. The van der Waals surface area contributed by atoms with Crippen molar-refractivity contribution in [1.82, 2.24) is 5.32 Å². The van der Waals surface area contributed by atoms with Gasteiger partial charge in [0, 0.05) is 5.57 Å². The largest absolute Gasteiger partial charge is 0.376 e. The van der Waals surface area contributed by atoms with Crippen LogP contribution in [0.25, 0.3) is 0 Å². The van der Waals surface area contributed by atoms with Crippen molar-refractivity contribution < 1.29 is 9.90 Å². The number of carbonyl (C=O) groups is 1. The molecule has 64 valence electrons. The van der Waals surface area contributed by atoms with Crippen LogP contribution in [0.1, 0.15) is 26.7 Å². The summed E-state index contributed by atoms with van der Waals surface area (Å²) >= 11 is 0. The number of nitrogens with one attached hydrogen (secondary N) is 1. The van der Waals surface area contributed by atoms with E-state index in [2.05, 4.69) is 5.32 Å². The first kappa shape index (κ1) is 10.2. The van der Waals surface area contributed by atoms with E-state index >= 15 is 0 Å². The van der Waals surface area contributed by atoms with Crippen LogP contribution in [0.4, 0.5) is 0 Å². The number of aliphatic hydroxyl groups excluding tert-OH is 1. The predicted octanol–water partition coefficient (Wildman–Crippen LogP) is 0.799. The van der Waals surface area contributed by atoms with Crippen LogP contribution in [-0.4, -0.2) is 17.7 Å². The molecule has 0 aliphatic rings. The lowest BCUT2D eigenvalue weighted by atomic mass is 10.2. The Labute approximate surface area is 67.1 Å². The van der Waals surface area contributed by atoms with Crippen LogP contribution < -0.4 is 5.32 Å². The SMILES string of the molecule is CCC/C=C(\C)C(=O)NCO. The topological polar surface area (TPSA) is 49.3 Å². The van der Waals surface area contributed by atoms with Gasteiger partial charge in [-0.05, 0) is 13.3 Å². The highest BCUT2D eigenvalue weighted by molar-refractivity contribution is 5.92. The molecule has 2 N–H and O–H groups in total. The molecule has 3 heteroatoms. The van der Waals surface area contributed by atoms with Gasteiger partial charge >= 0.3 is 0 Å². The van der Waals surface area contributed by atoms with Crippen molar-refractivity contribution in [3.63, 3.8) is 0 Å². The molecule has 11 heavy (non-hydrogen) atoms. The summed E-state index contributed by atoms with van der Waals surface area (Å²) < 4.78 is 0. The Hall–Kier alpha value is -0.830. The van der Waals surface area contributed by atoms with Gasteiger partial charge in [0.25, 0.3) is 0 Å². The van der Waals surface area contributed by atoms with Crippen LogP contribution in [0.3, 0.4) is 0 Å². The summed E-state index contributed by atoms with van der Waals surface area (Å²) in [5.74, 6) is -0.194. The number of allylic oxidation sites excluding steroid dienone is 1. The van der Waals surface area contributed by atoms with E-state index in [0.717, 1.165) is 12.8 Å². The number of hydrogen-bond donors (Lipinski definition) is 2. The first-order valence-electron chi connectivity index (χ1n) is 3.78. The minimum atomic E-state index is -0.295. The van der Waals surface area contributed by atoms with Gasteiger partial charge in [0.1, 0.15) is 6.73 Å². The van der Waals surface area contributed by atoms with Gasteiger partial charge in [0.15, 0.2) is 0 Å². The molecular formula is C8H15NO2. The molecule has 0 aliphatic heterocycles. The summed E-state index contributed by atoms with van der Waals surface area (Å²) in [5, 5.41) is 10.7. The fourth-order valence-corrected chi connectivity index (χ4v) is 0.665. The van der Waals surface area contributed by atoms with Crippen molar-refractivity contribution in [1.29, 1.82) is 0 Å². The zero-order valence-corrected chi connectivity index (χ0v) is 7.05. The van der Waals surface area contributed by atoms with Crippen molar-refractivity contribution in [2.75, 3.05) is 6.73 Å². The Kier molecular flexibility index (Phi) is 5.47. The van der Waals surface area contributed by atoms with E-state index in [1.807, 2.05) is 13.0 Å². The zero-order chi connectivity index (χ0) is 8.69. The molecule has 0 bridgehead atoms. The maximum Gasteiger partial charge on any atom is 0.248 e. The molecule has 0 heterocycles. The van der Waals surface area contributed by atoms with Crippen molar-refractivity contribution in [2.24, 2.45) is 0 Å². The average Bonchev–Trinajstić information content (AvgIpc) is 2.00. The number of hydrogen-bond acceptors (Lipinski definition) is 2. The van der Waals surface area contributed by atoms with Crippen LogP contribution in [0, 0.1) is 0 Å². The summed E-state index contributed by atoms with van der Waals surface area (Å²) in [7, 11) is 0. The number of unbranched alkanes of at least 4 members (excludes halogenated alkanes) is 1. The summed E-state index contributed by atoms with van der Waals surface area (Å²) in [6.45, 7) is 3.49. The molecular weight excluding hydrogens is 142 g/mol. The van der Waals surface area contributed by atoms with Crippen molar-refractivity contribution >= 4 is 5.91 Å². The molecule has 0 saturated carbocycles. The fraction of sp³-hybridized carbons (Fsp3) is 0.625. The van der Waals surface area contributed by atoms with E-state index in [4.69, 9.17) is 5.11 Å². The molecule has 0 radical (unpaired) electrons. The molecule has 0 aliphatic carbocycles. The van der Waals surface area contributed by atoms with Gasteiger partial charge in [-0.15, -0.1) is 0 Å². The number of rotatable bonds is 4. The maximum absolute atomic E-state index is 10.9. The Morgan fingerprint density at radius 1 is 1.64 bits per heavy atom. The lowest BCUT2D eigenvalue weighted by molar-refractivity contribution is -0.118. The highest BCUT2D eigenvalue weighted by Gasteiger charge is 1.99. The monoisotopic (exact) mass is 157 g/mol. The van der Waals surface area contributed by atoms with Crippen LogP contribution in [-0.2, 0) is 4.79 Å². The molecule has 0 aromatic heterocycles. The summed E-state index contributed by atoms with van der Waals surface area (Å²) in [4.78, 5) is 10.9. The quantitative estimate of drug-likeness (QED) is 0.468. The lowest BCUT2D eigenvalue weighted by Crippen LogP contribution is -2.24. The van der Waals surface area contributed by atoms with Crippen molar-refractivity contribution in [3.05, 3.63) is 11.6 Å². The maximum atomic E-state index is 10.9. The Bertz CT molecular complexity index is 152. The first-order chi connectivity index (χ1) is 5.22. The molecule has 0 saturated heterocycles. The molecule has 0 rings (SSSR count). The van der Waals surface area contributed by atoms with Gasteiger partial charge in [-0.3, -0.25) is 4.79 Å². The third kappa shape index (κ3) is 4.56. The van der Waals surface area contributed by atoms with Gasteiger partial charge in [0.05, 0.1) is 0 Å². The van der Waals surface area contributed by atoms with Gasteiger partial charge in [-0.25, -0.2) is 0 Å². The minimum absolute atomic E-state index is 0.194. The second-order valence-electron chi connectivity index (χ2n) is 2.34. The van der Waals surface area contributed by atoms with E-state index < -0.39 is 0 Å². The number of aliphatic hydroxyl groups is 1. The van der Waals surface area contributed by atoms with Crippen molar-refractivity contribution in [3.8, 4) is 0 Å². The van der Waals surface area contributed by atoms with Gasteiger partial charge in [-0.2, -0.15) is 0 Å². The number of carbonyl (C=O) groups excluding carboxylic acids is 1. The minimum Gasteiger partial charge on any atom is -0.376 e. The van der Waals surface area contributed by atoms with E-state index in [-0.39, 0.29) is 12.6 Å². The second kappa shape index (κ2) is 5.92. The highest BCUT2D eigenvalue weighted by atomic mass is 16.3.